The Labute approximate surface area is 109 Å². The topological polar surface area (TPSA) is 69.4 Å². The second kappa shape index (κ2) is 4.99. The minimum absolute atomic E-state index is 0.0533. The van der Waals surface area contributed by atoms with Crippen LogP contribution in [0, 0.1) is 6.92 Å². The van der Waals surface area contributed by atoms with Crippen LogP contribution in [0.4, 0.5) is 0 Å². The molecule has 4 nitrogen and oxygen atoms in total. The summed E-state index contributed by atoms with van der Waals surface area (Å²) in [6.45, 7) is 9.48. The third-order valence-corrected chi connectivity index (χ3v) is 3.82. The fourth-order valence-electron chi connectivity index (χ4n) is 2.23. The van der Waals surface area contributed by atoms with Crippen molar-refractivity contribution in [1.82, 2.24) is 0 Å². The van der Waals surface area contributed by atoms with Crippen molar-refractivity contribution >= 4 is 10.0 Å². The summed E-state index contributed by atoms with van der Waals surface area (Å²) in [5.74, 6) is 0. The minimum Gasteiger partial charge on any atom is -0.368 e. The highest BCUT2D eigenvalue weighted by Crippen LogP contribution is 2.31. The van der Waals surface area contributed by atoms with E-state index in [0.29, 0.717) is 5.56 Å². The summed E-state index contributed by atoms with van der Waals surface area (Å²) < 4.78 is 28.8. The Hall–Kier alpha value is -0.910. The Kier molecular flexibility index (Phi) is 4.20. The quantitative estimate of drug-likeness (QED) is 0.913. The third-order valence-electron chi connectivity index (χ3n) is 2.77. The second-order valence-electron chi connectivity index (χ2n) is 5.15. The van der Waals surface area contributed by atoms with Crippen molar-refractivity contribution in [3.63, 3.8) is 0 Å². The molecule has 102 valence electrons. The van der Waals surface area contributed by atoms with Gasteiger partial charge < -0.3 is 4.74 Å². The molecule has 5 heteroatoms. The molecule has 0 saturated heterocycles. The maximum Gasteiger partial charge on any atom is 0.238 e. The molecule has 0 fully saturated rings. The molecule has 0 saturated carbocycles. The Morgan fingerprint density at radius 3 is 2.28 bits per heavy atom. The highest BCUT2D eigenvalue weighted by atomic mass is 32.2. The summed E-state index contributed by atoms with van der Waals surface area (Å²) in [5.41, 5.74) is 0.923. The van der Waals surface area contributed by atoms with Crippen LogP contribution in [0.1, 0.15) is 38.8 Å². The van der Waals surface area contributed by atoms with Crippen LogP contribution in [0.3, 0.4) is 0 Å². The van der Waals surface area contributed by atoms with Crippen LogP contribution in [-0.4, -0.2) is 14.5 Å². The number of rotatable bonds is 4. The summed E-state index contributed by atoms with van der Waals surface area (Å²) >= 11 is 0. The molecule has 0 aliphatic carbocycles. The molecular formula is C13H21NO3S. The largest absolute Gasteiger partial charge is 0.368 e. The molecule has 0 spiro atoms. The molecule has 0 aliphatic heterocycles. The number of hydrogen-bond donors (Lipinski definition) is 1. The summed E-state index contributed by atoms with van der Waals surface area (Å²) in [4.78, 5) is 0.153. The summed E-state index contributed by atoms with van der Waals surface area (Å²) in [7, 11) is -3.70. The molecule has 2 N–H and O–H groups in total. The molecular weight excluding hydrogens is 250 g/mol. The van der Waals surface area contributed by atoms with Gasteiger partial charge in [0.2, 0.25) is 10.0 Å². The first-order valence-corrected chi connectivity index (χ1v) is 7.41. The lowest BCUT2D eigenvalue weighted by Gasteiger charge is -2.30. The van der Waals surface area contributed by atoms with E-state index in [2.05, 4.69) is 0 Å². The molecule has 0 heterocycles. The Morgan fingerprint density at radius 1 is 1.28 bits per heavy atom. The molecule has 0 unspecified atom stereocenters. The van der Waals surface area contributed by atoms with Crippen molar-refractivity contribution in [2.75, 3.05) is 0 Å². The average Bonchev–Trinajstić information content (AvgIpc) is 2.13. The smallest absolute Gasteiger partial charge is 0.238 e. The lowest BCUT2D eigenvalue weighted by molar-refractivity contribution is -0.0605. The number of sulfonamides is 1. The van der Waals surface area contributed by atoms with Crippen LogP contribution in [0.15, 0.2) is 23.1 Å². The van der Waals surface area contributed by atoms with Crippen molar-refractivity contribution in [3.05, 3.63) is 29.3 Å². The van der Waals surface area contributed by atoms with Crippen molar-refractivity contribution < 1.29 is 13.2 Å². The molecule has 1 aromatic carbocycles. The summed E-state index contributed by atoms with van der Waals surface area (Å²) in [5, 5.41) is 5.20. The van der Waals surface area contributed by atoms with E-state index < -0.39 is 15.6 Å². The highest BCUT2D eigenvalue weighted by molar-refractivity contribution is 7.89. The molecule has 1 rings (SSSR count). The first kappa shape index (κ1) is 15.1. The van der Waals surface area contributed by atoms with Crippen molar-refractivity contribution in [3.8, 4) is 0 Å². The Balaban J connectivity index is 3.36. The fourth-order valence-corrected chi connectivity index (χ4v) is 3.03. The zero-order valence-electron chi connectivity index (χ0n) is 11.5. The summed E-state index contributed by atoms with van der Waals surface area (Å²) in [6.07, 6.45) is 0.0533. The van der Waals surface area contributed by atoms with Gasteiger partial charge in [-0.05, 0) is 51.8 Å². The van der Waals surface area contributed by atoms with Gasteiger partial charge in [-0.15, -0.1) is 0 Å². The zero-order chi connectivity index (χ0) is 14.1. The van der Waals surface area contributed by atoms with Crippen LogP contribution in [0.5, 0.6) is 0 Å². The number of primary sulfonamides is 1. The van der Waals surface area contributed by atoms with E-state index in [9.17, 15) is 8.42 Å². The van der Waals surface area contributed by atoms with E-state index in [1.54, 1.807) is 13.0 Å². The van der Waals surface area contributed by atoms with Crippen molar-refractivity contribution in [1.29, 1.82) is 0 Å². The monoisotopic (exact) mass is 271 g/mol. The van der Waals surface area contributed by atoms with Gasteiger partial charge >= 0.3 is 0 Å². The molecule has 0 amide bonds. The van der Waals surface area contributed by atoms with E-state index in [0.717, 1.165) is 5.56 Å². The number of nitrogens with two attached hydrogens (primary N) is 1. The molecule has 0 aromatic heterocycles. The van der Waals surface area contributed by atoms with Crippen LogP contribution in [-0.2, 0) is 20.4 Å². The third kappa shape index (κ3) is 3.31. The SMILES string of the molecule is Cc1c(C(C)(C)OC(C)C)cccc1S(N)(=O)=O. The van der Waals surface area contributed by atoms with Gasteiger partial charge in [0.25, 0.3) is 0 Å². The van der Waals surface area contributed by atoms with E-state index in [-0.39, 0.29) is 11.0 Å². The van der Waals surface area contributed by atoms with Gasteiger partial charge in [-0.3, -0.25) is 0 Å². The van der Waals surface area contributed by atoms with Gasteiger partial charge in [-0.1, -0.05) is 12.1 Å². The molecule has 0 aliphatic rings. The first-order chi connectivity index (χ1) is 8.05. The fraction of sp³-hybridized carbons (Fsp3) is 0.538. The minimum atomic E-state index is -3.70. The Morgan fingerprint density at radius 2 is 1.83 bits per heavy atom. The van der Waals surface area contributed by atoms with Gasteiger partial charge in [0.05, 0.1) is 16.6 Å². The molecule has 0 atom stereocenters. The van der Waals surface area contributed by atoms with Crippen molar-refractivity contribution in [2.24, 2.45) is 5.14 Å². The highest BCUT2D eigenvalue weighted by Gasteiger charge is 2.27. The molecule has 0 radical (unpaired) electrons. The van der Waals surface area contributed by atoms with E-state index >= 15 is 0 Å². The predicted molar refractivity (Wildman–Crippen MR) is 71.8 cm³/mol. The van der Waals surface area contributed by atoms with Gasteiger partial charge in [0, 0.05) is 0 Å². The van der Waals surface area contributed by atoms with E-state index in [1.165, 1.54) is 6.07 Å². The van der Waals surface area contributed by atoms with Crippen LogP contribution >= 0.6 is 0 Å². The Bertz CT molecular complexity index is 533. The maximum absolute atomic E-state index is 11.5. The summed E-state index contributed by atoms with van der Waals surface area (Å²) in [6, 6.07) is 5.07. The van der Waals surface area contributed by atoms with Gasteiger partial charge in [-0.25, -0.2) is 13.6 Å². The number of benzene rings is 1. The predicted octanol–water partition coefficient (Wildman–Crippen LogP) is 2.30. The number of ether oxygens (including phenoxy) is 1. The van der Waals surface area contributed by atoms with E-state index in [1.807, 2.05) is 33.8 Å². The van der Waals surface area contributed by atoms with Crippen LogP contribution in [0.25, 0.3) is 0 Å². The van der Waals surface area contributed by atoms with Crippen LogP contribution in [0.2, 0.25) is 0 Å². The van der Waals surface area contributed by atoms with Gasteiger partial charge in [-0.2, -0.15) is 0 Å². The van der Waals surface area contributed by atoms with Gasteiger partial charge in [0.1, 0.15) is 0 Å². The second-order valence-corrected chi connectivity index (χ2v) is 6.68. The van der Waals surface area contributed by atoms with Crippen molar-refractivity contribution in [2.45, 2.75) is 51.2 Å². The lowest BCUT2D eigenvalue weighted by atomic mass is 9.93. The maximum atomic E-state index is 11.5. The standard InChI is InChI=1S/C13H21NO3S/c1-9(2)17-13(4,5)11-7-6-8-12(10(11)3)18(14,15)16/h6-9H,1-5H3,(H2,14,15,16). The average molecular weight is 271 g/mol. The normalized spacial score (nSPS) is 13.1. The van der Waals surface area contributed by atoms with E-state index in [4.69, 9.17) is 9.88 Å². The lowest BCUT2D eigenvalue weighted by Crippen LogP contribution is -2.27. The van der Waals surface area contributed by atoms with Gasteiger partial charge in [0.15, 0.2) is 0 Å². The molecule has 0 bridgehead atoms. The first-order valence-electron chi connectivity index (χ1n) is 5.86. The molecule has 1 aromatic rings. The zero-order valence-corrected chi connectivity index (χ0v) is 12.3. The van der Waals surface area contributed by atoms with Crippen LogP contribution < -0.4 is 5.14 Å². The molecule has 18 heavy (non-hydrogen) atoms. The number of hydrogen-bond acceptors (Lipinski definition) is 3.